The molecule has 0 bridgehead atoms. The number of carbonyl (C=O) groups excluding carboxylic acids is 1. The van der Waals surface area contributed by atoms with E-state index in [0.717, 1.165) is 26.3 Å². The van der Waals surface area contributed by atoms with Gasteiger partial charge in [0.05, 0.1) is 19.0 Å². The van der Waals surface area contributed by atoms with Gasteiger partial charge in [0, 0.05) is 44.6 Å². The van der Waals surface area contributed by atoms with Crippen LogP contribution in [0.3, 0.4) is 0 Å². The number of primary sulfonamides is 1. The van der Waals surface area contributed by atoms with Crippen molar-refractivity contribution in [3.8, 4) is 0 Å². The zero-order valence-electron chi connectivity index (χ0n) is 11.8. The van der Waals surface area contributed by atoms with Crippen LogP contribution < -0.4 is 5.14 Å². The molecule has 2 N–H and O–H groups in total. The SMILES string of the molecule is CC(CN1CC(CS(N)(=O)=O)CC1=O)N1CCOCC1. The van der Waals surface area contributed by atoms with E-state index in [2.05, 4.69) is 11.8 Å². The number of rotatable bonds is 5. The van der Waals surface area contributed by atoms with Crippen LogP contribution in [0.1, 0.15) is 13.3 Å². The van der Waals surface area contributed by atoms with Gasteiger partial charge in [-0.05, 0) is 6.92 Å². The average molecular weight is 305 g/mol. The van der Waals surface area contributed by atoms with Gasteiger partial charge in [-0.25, -0.2) is 13.6 Å². The van der Waals surface area contributed by atoms with Gasteiger partial charge in [0.2, 0.25) is 15.9 Å². The summed E-state index contributed by atoms with van der Waals surface area (Å²) in [6.45, 7) is 6.43. The van der Waals surface area contributed by atoms with Gasteiger partial charge >= 0.3 is 0 Å². The van der Waals surface area contributed by atoms with E-state index in [-0.39, 0.29) is 30.0 Å². The molecule has 0 spiro atoms. The van der Waals surface area contributed by atoms with Crippen LogP contribution in [0.5, 0.6) is 0 Å². The summed E-state index contributed by atoms with van der Waals surface area (Å²) in [5.41, 5.74) is 0. The maximum atomic E-state index is 11.9. The Bertz CT molecular complexity index is 448. The van der Waals surface area contributed by atoms with E-state index < -0.39 is 10.0 Å². The molecule has 8 heteroatoms. The van der Waals surface area contributed by atoms with Gasteiger partial charge in [-0.2, -0.15) is 0 Å². The number of nitrogens with two attached hydrogens (primary N) is 1. The first-order chi connectivity index (χ1) is 9.35. The van der Waals surface area contributed by atoms with Gasteiger partial charge < -0.3 is 9.64 Å². The molecule has 2 aliphatic rings. The van der Waals surface area contributed by atoms with Crippen molar-refractivity contribution in [2.24, 2.45) is 11.1 Å². The smallest absolute Gasteiger partial charge is 0.223 e. The van der Waals surface area contributed by atoms with Crippen molar-refractivity contribution in [1.82, 2.24) is 9.80 Å². The molecular formula is C12H23N3O4S. The van der Waals surface area contributed by atoms with Crippen LogP contribution in [0, 0.1) is 5.92 Å². The molecule has 0 aromatic rings. The number of hydrogen-bond donors (Lipinski definition) is 1. The number of amides is 1. The summed E-state index contributed by atoms with van der Waals surface area (Å²) in [7, 11) is -3.51. The highest BCUT2D eigenvalue weighted by molar-refractivity contribution is 7.89. The Balaban J connectivity index is 1.85. The number of hydrogen-bond acceptors (Lipinski definition) is 5. The van der Waals surface area contributed by atoms with Crippen molar-refractivity contribution < 1.29 is 17.9 Å². The lowest BCUT2D eigenvalue weighted by molar-refractivity contribution is -0.128. The first-order valence-electron chi connectivity index (χ1n) is 6.95. The van der Waals surface area contributed by atoms with Crippen molar-refractivity contribution in [3.05, 3.63) is 0 Å². The van der Waals surface area contributed by atoms with Crippen molar-refractivity contribution in [1.29, 1.82) is 0 Å². The van der Waals surface area contributed by atoms with Gasteiger partial charge in [-0.3, -0.25) is 9.69 Å². The number of sulfonamides is 1. The first-order valence-corrected chi connectivity index (χ1v) is 8.67. The quantitative estimate of drug-likeness (QED) is 0.692. The third-order valence-corrected chi connectivity index (χ3v) is 4.85. The van der Waals surface area contributed by atoms with Crippen molar-refractivity contribution in [2.45, 2.75) is 19.4 Å². The van der Waals surface area contributed by atoms with Gasteiger partial charge in [0.25, 0.3) is 0 Å². The van der Waals surface area contributed by atoms with Crippen molar-refractivity contribution in [3.63, 3.8) is 0 Å². The Hall–Kier alpha value is -0.700. The molecule has 0 aromatic heterocycles. The van der Waals surface area contributed by atoms with E-state index in [1.54, 1.807) is 4.90 Å². The maximum absolute atomic E-state index is 11.9. The largest absolute Gasteiger partial charge is 0.379 e. The van der Waals surface area contributed by atoms with E-state index >= 15 is 0 Å². The van der Waals surface area contributed by atoms with Crippen LogP contribution in [0.25, 0.3) is 0 Å². The molecule has 2 aliphatic heterocycles. The average Bonchev–Trinajstić information content (AvgIpc) is 2.68. The molecule has 2 atom stereocenters. The minimum absolute atomic E-state index is 0.0266. The van der Waals surface area contributed by atoms with Crippen LogP contribution >= 0.6 is 0 Å². The van der Waals surface area contributed by atoms with Crippen molar-refractivity contribution in [2.75, 3.05) is 45.1 Å². The van der Waals surface area contributed by atoms with Crippen LogP contribution in [0.4, 0.5) is 0 Å². The summed E-state index contributed by atoms with van der Waals surface area (Å²) in [5.74, 6) is -0.255. The molecule has 2 fully saturated rings. The Morgan fingerprint density at radius 3 is 2.65 bits per heavy atom. The minimum Gasteiger partial charge on any atom is -0.379 e. The molecule has 0 saturated carbocycles. The topological polar surface area (TPSA) is 92.9 Å². The van der Waals surface area contributed by atoms with E-state index in [0.29, 0.717) is 13.1 Å². The predicted molar refractivity (Wildman–Crippen MR) is 74.5 cm³/mol. The summed E-state index contributed by atoms with van der Waals surface area (Å²) in [6, 6.07) is 0.260. The third-order valence-electron chi connectivity index (χ3n) is 3.92. The van der Waals surface area contributed by atoms with E-state index in [9.17, 15) is 13.2 Å². The second kappa shape index (κ2) is 6.38. The third kappa shape index (κ3) is 4.41. The normalized spacial score (nSPS) is 27.0. The Morgan fingerprint density at radius 1 is 1.40 bits per heavy atom. The zero-order valence-corrected chi connectivity index (χ0v) is 12.6. The number of likely N-dealkylation sites (tertiary alicyclic amines) is 1. The Labute approximate surface area is 120 Å². The standard InChI is InChI=1S/C12H23N3O4S/c1-10(14-2-4-19-5-3-14)7-15-8-11(6-12(15)16)9-20(13,17)18/h10-11H,2-9H2,1H3,(H2,13,17,18). The van der Waals surface area contributed by atoms with E-state index in [1.807, 2.05) is 0 Å². The Morgan fingerprint density at radius 2 is 2.05 bits per heavy atom. The summed E-state index contributed by atoms with van der Waals surface area (Å²) < 4.78 is 27.5. The lowest BCUT2D eigenvalue weighted by Crippen LogP contribution is -2.47. The van der Waals surface area contributed by atoms with Crippen LogP contribution in [0.15, 0.2) is 0 Å². The monoisotopic (exact) mass is 305 g/mol. The molecule has 0 radical (unpaired) electrons. The fourth-order valence-electron chi connectivity index (χ4n) is 2.92. The first kappa shape index (κ1) is 15.7. The molecule has 116 valence electrons. The molecule has 2 unspecified atom stereocenters. The second-order valence-electron chi connectivity index (χ2n) is 5.70. The molecule has 20 heavy (non-hydrogen) atoms. The summed E-state index contributed by atoms with van der Waals surface area (Å²) in [5, 5.41) is 5.04. The second-order valence-corrected chi connectivity index (χ2v) is 7.35. The van der Waals surface area contributed by atoms with Crippen LogP contribution in [0.2, 0.25) is 0 Å². The fraction of sp³-hybridized carbons (Fsp3) is 0.917. The lowest BCUT2D eigenvalue weighted by Gasteiger charge is -2.34. The zero-order chi connectivity index (χ0) is 14.8. The highest BCUT2D eigenvalue weighted by Crippen LogP contribution is 2.20. The number of carbonyl (C=O) groups is 1. The highest BCUT2D eigenvalue weighted by Gasteiger charge is 2.33. The maximum Gasteiger partial charge on any atom is 0.223 e. The van der Waals surface area contributed by atoms with Crippen LogP contribution in [-0.2, 0) is 19.6 Å². The molecule has 2 rings (SSSR count). The predicted octanol–water partition coefficient (Wildman–Crippen LogP) is -1.16. The molecule has 2 saturated heterocycles. The molecule has 1 amide bonds. The van der Waals surface area contributed by atoms with Gasteiger partial charge in [-0.1, -0.05) is 0 Å². The fourth-order valence-corrected chi connectivity index (χ4v) is 3.80. The number of ether oxygens (including phenoxy) is 1. The highest BCUT2D eigenvalue weighted by atomic mass is 32.2. The summed E-state index contributed by atoms with van der Waals surface area (Å²) in [6.07, 6.45) is 0.284. The molecular weight excluding hydrogens is 282 g/mol. The van der Waals surface area contributed by atoms with Gasteiger partial charge in [-0.15, -0.1) is 0 Å². The Kier molecular flexibility index (Phi) is 5.00. The molecule has 7 nitrogen and oxygen atoms in total. The molecule has 0 aromatic carbocycles. The van der Waals surface area contributed by atoms with Crippen molar-refractivity contribution >= 4 is 15.9 Å². The lowest BCUT2D eigenvalue weighted by atomic mass is 10.1. The summed E-state index contributed by atoms with van der Waals surface area (Å²) >= 11 is 0. The number of morpholine rings is 1. The molecule has 0 aliphatic carbocycles. The van der Waals surface area contributed by atoms with Gasteiger partial charge in [0.15, 0.2) is 0 Å². The minimum atomic E-state index is -3.51. The van der Waals surface area contributed by atoms with Crippen LogP contribution in [-0.4, -0.2) is 75.3 Å². The molecule has 2 heterocycles. The van der Waals surface area contributed by atoms with Gasteiger partial charge in [0.1, 0.15) is 0 Å². The summed E-state index contributed by atoms with van der Waals surface area (Å²) in [4.78, 5) is 16.0. The number of nitrogens with zero attached hydrogens (tertiary/aromatic N) is 2. The van der Waals surface area contributed by atoms with E-state index in [4.69, 9.17) is 9.88 Å². The van der Waals surface area contributed by atoms with E-state index in [1.165, 1.54) is 0 Å².